The molecule has 3 rings (SSSR count). The molecule has 0 saturated heterocycles. The summed E-state index contributed by atoms with van der Waals surface area (Å²) in [7, 11) is 3.96. The largest absolute Gasteiger partial charge is 0.378 e. The number of aromatic nitrogens is 2. The van der Waals surface area contributed by atoms with E-state index in [2.05, 4.69) is 9.97 Å². The lowest BCUT2D eigenvalue weighted by molar-refractivity contribution is -0.384. The normalized spacial score (nSPS) is 10.6. The van der Waals surface area contributed by atoms with E-state index in [0.717, 1.165) is 11.3 Å². The molecule has 0 fully saturated rings. The van der Waals surface area contributed by atoms with Gasteiger partial charge in [-0.1, -0.05) is 0 Å². The van der Waals surface area contributed by atoms with E-state index in [1.807, 2.05) is 43.3 Å². The molecule has 2 aliphatic rings. The van der Waals surface area contributed by atoms with Crippen LogP contribution in [0.2, 0.25) is 0 Å². The van der Waals surface area contributed by atoms with Crippen LogP contribution in [-0.2, 0) is 0 Å². The molecule has 1 aromatic carbocycles. The maximum absolute atomic E-state index is 10.8. The smallest absolute Gasteiger partial charge is 0.269 e. The Kier molecular flexibility index (Phi) is 3.42. The van der Waals surface area contributed by atoms with E-state index in [1.54, 1.807) is 12.1 Å². The van der Waals surface area contributed by atoms with E-state index in [-0.39, 0.29) is 5.69 Å². The molecule has 1 aliphatic heterocycles. The number of imidazole rings is 1. The third-order valence-corrected chi connectivity index (χ3v) is 3.39. The minimum absolute atomic E-state index is 0.0247. The van der Waals surface area contributed by atoms with Gasteiger partial charge in [0.05, 0.1) is 16.3 Å². The van der Waals surface area contributed by atoms with Gasteiger partial charge in [-0.15, -0.1) is 0 Å². The molecule has 0 radical (unpaired) electrons. The SMILES string of the molecule is CN(C)c1ccc(-c2nc3ccc([N+](=O)[O-])ccc-3n2)cc1. The lowest BCUT2D eigenvalue weighted by atomic mass is 10.2. The van der Waals surface area contributed by atoms with Gasteiger partial charge in [0.15, 0.2) is 5.82 Å². The number of anilines is 1. The lowest BCUT2D eigenvalue weighted by Crippen LogP contribution is -2.07. The third-order valence-electron chi connectivity index (χ3n) is 3.39. The van der Waals surface area contributed by atoms with Gasteiger partial charge in [0.1, 0.15) is 0 Å². The average Bonchev–Trinajstić information content (AvgIpc) is 2.80. The molecule has 1 aromatic rings. The molecule has 22 heavy (non-hydrogen) atoms. The summed E-state index contributed by atoms with van der Waals surface area (Å²) in [6.45, 7) is 0. The van der Waals surface area contributed by atoms with E-state index in [1.165, 1.54) is 12.1 Å². The van der Waals surface area contributed by atoms with Crippen molar-refractivity contribution in [3.05, 3.63) is 58.6 Å². The van der Waals surface area contributed by atoms with E-state index < -0.39 is 4.92 Å². The van der Waals surface area contributed by atoms with Crippen molar-refractivity contribution in [2.75, 3.05) is 19.0 Å². The molecule has 1 aliphatic carbocycles. The Hall–Kier alpha value is -3.02. The highest BCUT2D eigenvalue weighted by molar-refractivity contribution is 5.68. The number of nitro groups is 1. The van der Waals surface area contributed by atoms with Gasteiger partial charge in [0, 0.05) is 37.5 Å². The Labute approximate surface area is 127 Å². The first-order valence-corrected chi connectivity index (χ1v) is 6.74. The monoisotopic (exact) mass is 294 g/mol. The van der Waals surface area contributed by atoms with Crippen molar-refractivity contribution in [2.45, 2.75) is 0 Å². The van der Waals surface area contributed by atoms with Crippen LogP contribution < -0.4 is 4.90 Å². The van der Waals surface area contributed by atoms with Crippen LogP contribution in [0.4, 0.5) is 11.4 Å². The van der Waals surface area contributed by atoms with E-state index in [4.69, 9.17) is 0 Å². The van der Waals surface area contributed by atoms with E-state index in [0.29, 0.717) is 17.2 Å². The third kappa shape index (κ3) is 2.58. The number of benzene rings is 1. The summed E-state index contributed by atoms with van der Waals surface area (Å²) in [5, 5.41) is 10.8. The van der Waals surface area contributed by atoms with Crippen molar-refractivity contribution >= 4 is 11.4 Å². The summed E-state index contributed by atoms with van der Waals surface area (Å²) in [6.07, 6.45) is 0. The van der Waals surface area contributed by atoms with Crippen LogP contribution in [0, 0.1) is 10.1 Å². The highest BCUT2D eigenvalue weighted by Gasteiger charge is 2.13. The molecule has 0 spiro atoms. The Morgan fingerprint density at radius 2 is 1.45 bits per heavy atom. The lowest BCUT2D eigenvalue weighted by Gasteiger charge is -2.11. The number of nitrogens with zero attached hydrogens (tertiary/aromatic N) is 4. The molecule has 0 bridgehead atoms. The van der Waals surface area contributed by atoms with Crippen molar-refractivity contribution in [1.82, 2.24) is 9.97 Å². The number of hydrogen-bond acceptors (Lipinski definition) is 5. The molecule has 0 unspecified atom stereocenters. The van der Waals surface area contributed by atoms with Crippen molar-refractivity contribution in [3.63, 3.8) is 0 Å². The topological polar surface area (TPSA) is 72.2 Å². The molecule has 0 atom stereocenters. The number of rotatable bonds is 3. The first-order chi connectivity index (χ1) is 10.5. The van der Waals surface area contributed by atoms with Crippen LogP contribution in [-0.4, -0.2) is 29.0 Å². The highest BCUT2D eigenvalue weighted by Crippen LogP contribution is 2.26. The van der Waals surface area contributed by atoms with Crippen LogP contribution in [0.15, 0.2) is 48.5 Å². The molecule has 6 nitrogen and oxygen atoms in total. The summed E-state index contributed by atoms with van der Waals surface area (Å²) in [5.41, 5.74) is 3.32. The maximum atomic E-state index is 10.8. The van der Waals surface area contributed by atoms with Gasteiger partial charge in [-0.05, 0) is 36.4 Å². The van der Waals surface area contributed by atoms with Crippen LogP contribution >= 0.6 is 0 Å². The van der Waals surface area contributed by atoms with Crippen LogP contribution in [0.5, 0.6) is 0 Å². The molecule has 1 heterocycles. The molecule has 0 amide bonds. The van der Waals surface area contributed by atoms with Crippen molar-refractivity contribution in [3.8, 4) is 22.8 Å². The molecule has 0 N–H and O–H groups in total. The van der Waals surface area contributed by atoms with Gasteiger partial charge in [0.2, 0.25) is 0 Å². The Balaban J connectivity index is 2.00. The van der Waals surface area contributed by atoms with Gasteiger partial charge >= 0.3 is 0 Å². The second-order valence-electron chi connectivity index (χ2n) is 5.11. The van der Waals surface area contributed by atoms with Crippen molar-refractivity contribution < 1.29 is 4.92 Å². The predicted molar refractivity (Wildman–Crippen MR) is 85.1 cm³/mol. The zero-order chi connectivity index (χ0) is 15.7. The molecular weight excluding hydrogens is 280 g/mol. The number of hydrogen-bond donors (Lipinski definition) is 0. The molecule has 0 aromatic heterocycles. The summed E-state index contributed by atoms with van der Waals surface area (Å²) < 4.78 is 0. The van der Waals surface area contributed by atoms with Gasteiger partial charge in [0.25, 0.3) is 5.69 Å². The summed E-state index contributed by atoms with van der Waals surface area (Å²) in [5.74, 6) is 0.620. The van der Waals surface area contributed by atoms with E-state index in [9.17, 15) is 10.1 Å². The molecular formula is C16H14N4O2. The zero-order valence-electron chi connectivity index (χ0n) is 12.2. The maximum Gasteiger partial charge on any atom is 0.269 e. The van der Waals surface area contributed by atoms with Gasteiger partial charge < -0.3 is 4.90 Å². The summed E-state index contributed by atoms with van der Waals surface area (Å²) in [4.78, 5) is 21.3. The quantitative estimate of drug-likeness (QED) is 0.548. The highest BCUT2D eigenvalue weighted by atomic mass is 16.6. The minimum atomic E-state index is -0.431. The Bertz CT molecular complexity index is 766. The number of fused-ring (bicyclic) bond motifs is 1. The average molecular weight is 294 g/mol. The standard InChI is InChI=1S/C16H14N4O2/c1-19(2)12-5-3-11(4-6-12)16-17-14-9-7-13(20(21)22)8-10-15(14)18-16/h3-10H,1-2H3. The molecule has 0 saturated carbocycles. The Morgan fingerprint density at radius 3 is 1.91 bits per heavy atom. The second-order valence-corrected chi connectivity index (χ2v) is 5.11. The van der Waals surface area contributed by atoms with Crippen molar-refractivity contribution in [1.29, 1.82) is 0 Å². The fourth-order valence-electron chi connectivity index (χ4n) is 2.16. The Morgan fingerprint density at radius 1 is 0.909 bits per heavy atom. The fraction of sp³-hybridized carbons (Fsp3) is 0.125. The summed E-state index contributed by atoms with van der Waals surface area (Å²) in [6, 6.07) is 14.1. The first kappa shape index (κ1) is 13.9. The van der Waals surface area contributed by atoms with Gasteiger partial charge in [-0.3, -0.25) is 10.1 Å². The van der Waals surface area contributed by atoms with Crippen LogP contribution in [0.1, 0.15) is 0 Å². The fourth-order valence-corrected chi connectivity index (χ4v) is 2.16. The van der Waals surface area contributed by atoms with Gasteiger partial charge in [-0.25, -0.2) is 9.97 Å². The van der Waals surface area contributed by atoms with Crippen LogP contribution in [0.3, 0.4) is 0 Å². The predicted octanol–water partition coefficient (Wildman–Crippen LogP) is 3.22. The van der Waals surface area contributed by atoms with Crippen molar-refractivity contribution in [2.24, 2.45) is 0 Å². The first-order valence-electron chi connectivity index (χ1n) is 6.74. The summed E-state index contributed by atoms with van der Waals surface area (Å²) >= 11 is 0. The van der Waals surface area contributed by atoms with Crippen LogP contribution in [0.25, 0.3) is 22.8 Å². The zero-order valence-corrected chi connectivity index (χ0v) is 12.2. The second kappa shape index (κ2) is 5.40. The molecule has 110 valence electrons. The molecule has 6 heteroatoms. The van der Waals surface area contributed by atoms with E-state index >= 15 is 0 Å². The van der Waals surface area contributed by atoms with Gasteiger partial charge in [-0.2, -0.15) is 0 Å². The minimum Gasteiger partial charge on any atom is -0.378 e.